The van der Waals surface area contributed by atoms with Crippen LogP contribution in [0.4, 0.5) is 10.1 Å². The number of sulfonamides is 1. The Labute approximate surface area is 133 Å². The highest BCUT2D eigenvalue weighted by Gasteiger charge is 2.17. The lowest BCUT2D eigenvalue weighted by atomic mass is 10.3. The van der Waals surface area contributed by atoms with E-state index in [1.807, 2.05) is 0 Å². The van der Waals surface area contributed by atoms with Gasteiger partial charge < -0.3 is 0 Å². The van der Waals surface area contributed by atoms with Crippen molar-refractivity contribution < 1.29 is 12.8 Å². The van der Waals surface area contributed by atoms with Gasteiger partial charge >= 0.3 is 0 Å². The average molecular weight is 399 g/mol. The second-order valence-corrected chi connectivity index (χ2v) is 7.19. The second-order valence-electron chi connectivity index (χ2n) is 3.81. The molecule has 2 rings (SSSR count). The minimum atomic E-state index is -3.93. The molecule has 0 radical (unpaired) electrons. The van der Waals surface area contributed by atoms with Gasteiger partial charge in [-0.1, -0.05) is 23.2 Å². The van der Waals surface area contributed by atoms with E-state index in [0.717, 1.165) is 6.07 Å². The third kappa shape index (κ3) is 3.44. The summed E-state index contributed by atoms with van der Waals surface area (Å²) < 4.78 is 40.4. The minimum absolute atomic E-state index is 0.0480. The van der Waals surface area contributed by atoms with Gasteiger partial charge in [-0.3, -0.25) is 4.72 Å². The van der Waals surface area contributed by atoms with Gasteiger partial charge in [0.05, 0.1) is 15.6 Å². The highest BCUT2D eigenvalue weighted by atomic mass is 79.9. The van der Waals surface area contributed by atoms with Crippen molar-refractivity contribution in [1.29, 1.82) is 0 Å². The van der Waals surface area contributed by atoms with Crippen LogP contribution >= 0.6 is 39.1 Å². The summed E-state index contributed by atoms with van der Waals surface area (Å²) in [7, 11) is -3.93. The first-order valence-corrected chi connectivity index (χ1v) is 8.26. The van der Waals surface area contributed by atoms with Gasteiger partial charge in [0, 0.05) is 9.50 Å². The fourth-order valence-electron chi connectivity index (χ4n) is 1.42. The molecule has 0 unspecified atom stereocenters. The summed E-state index contributed by atoms with van der Waals surface area (Å²) in [6.45, 7) is 0. The smallest absolute Gasteiger partial charge is 0.262 e. The monoisotopic (exact) mass is 397 g/mol. The Kier molecular flexibility index (Phi) is 4.59. The van der Waals surface area contributed by atoms with Crippen LogP contribution in [-0.2, 0) is 10.0 Å². The first kappa shape index (κ1) is 15.6. The number of hydrogen-bond donors (Lipinski definition) is 1. The quantitative estimate of drug-likeness (QED) is 0.814. The van der Waals surface area contributed by atoms with Crippen molar-refractivity contribution >= 4 is 54.8 Å². The van der Waals surface area contributed by atoms with Crippen molar-refractivity contribution in [3.05, 3.63) is 56.7 Å². The first-order valence-electron chi connectivity index (χ1n) is 5.22. The summed E-state index contributed by atoms with van der Waals surface area (Å²) >= 11 is 14.6. The van der Waals surface area contributed by atoms with Crippen LogP contribution in [-0.4, -0.2) is 8.42 Å². The van der Waals surface area contributed by atoms with Crippen molar-refractivity contribution in [3.63, 3.8) is 0 Å². The maximum atomic E-state index is 13.5. The van der Waals surface area contributed by atoms with Gasteiger partial charge in [-0.2, -0.15) is 0 Å². The summed E-state index contributed by atoms with van der Waals surface area (Å²) in [6, 6.07) is 7.67. The molecule has 2 aromatic carbocycles. The molecule has 106 valence electrons. The number of nitrogens with one attached hydrogen (secondary N) is 1. The Balaban J connectivity index is 2.40. The molecular weight excluding hydrogens is 392 g/mol. The molecule has 0 atom stereocenters. The van der Waals surface area contributed by atoms with Crippen molar-refractivity contribution in [1.82, 2.24) is 0 Å². The predicted octanol–water partition coefficient (Wildman–Crippen LogP) is 4.70. The van der Waals surface area contributed by atoms with E-state index < -0.39 is 15.8 Å². The van der Waals surface area contributed by atoms with Gasteiger partial charge in [0.15, 0.2) is 0 Å². The molecule has 3 nitrogen and oxygen atoms in total. The summed E-state index contributed by atoms with van der Waals surface area (Å²) in [6.07, 6.45) is 0. The Morgan fingerprint density at radius 2 is 1.80 bits per heavy atom. The Bertz CT molecular complexity index is 768. The van der Waals surface area contributed by atoms with Crippen molar-refractivity contribution in [2.45, 2.75) is 4.90 Å². The van der Waals surface area contributed by atoms with E-state index in [2.05, 4.69) is 20.7 Å². The number of halogens is 4. The zero-order valence-corrected chi connectivity index (χ0v) is 13.6. The molecule has 0 saturated heterocycles. The number of hydrogen-bond acceptors (Lipinski definition) is 2. The second kappa shape index (κ2) is 5.89. The maximum Gasteiger partial charge on any atom is 0.262 e. The summed E-state index contributed by atoms with van der Waals surface area (Å²) in [5.41, 5.74) is -0.219. The normalized spacial score (nSPS) is 11.4. The SMILES string of the molecule is O=S(=O)(Nc1cc(Cl)ccc1F)c1ccc(Cl)c(Br)c1. The van der Waals surface area contributed by atoms with Crippen LogP contribution in [0.15, 0.2) is 45.8 Å². The minimum Gasteiger partial charge on any atom is -0.277 e. The van der Waals surface area contributed by atoms with Crippen molar-refractivity contribution in [2.75, 3.05) is 4.72 Å². The van der Waals surface area contributed by atoms with Gasteiger partial charge in [-0.15, -0.1) is 0 Å². The van der Waals surface area contributed by atoms with E-state index in [1.165, 1.54) is 30.3 Å². The van der Waals surface area contributed by atoms with Crippen LogP contribution in [0.1, 0.15) is 0 Å². The molecule has 0 spiro atoms. The molecule has 0 amide bonds. The topological polar surface area (TPSA) is 46.2 Å². The van der Waals surface area contributed by atoms with Crippen molar-refractivity contribution in [3.8, 4) is 0 Å². The van der Waals surface area contributed by atoms with Gasteiger partial charge in [-0.25, -0.2) is 12.8 Å². The molecule has 2 aromatic rings. The summed E-state index contributed by atoms with van der Waals surface area (Å²) in [4.78, 5) is -0.0480. The summed E-state index contributed by atoms with van der Waals surface area (Å²) in [5.74, 6) is -0.717. The molecule has 1 N–H and O–H groups in total. The van der Waals surface area contributed by atoms with Crippen LogP contribution in [0.25, 0.3) is 0 Å². The molecule has 0 heterocycles. The van der Waals surface area contributed by atoms with E-state index in [9.17, 15) is 12.8 Å². The molecule has 0 aliphatic rings. The lowest BCUT2D eigenvalue weighted by Gasteiger charge is -2.10. The molecule has 0 aliphatic heterocycles. The van der Waals surface area contributed by atoms with E-state index in [4.69, 9.17) is 23.2 Å². The Hall–Kier alpha value is -0.820. The molecule has 0 aliphatic carbocycles. The maximum absolute atomic E-state index is 13.5. The van der Waals surface area contributed by atoms with Crippen LogP contribution < -0.4 is 4.72 Å². The first-order chi connectivity index (χ1) is 9.29. The van der Waals surface area contributed by atoms with E-state index in [0.29, 0.717) is 9.50 Å². The fourth-order valence-corrected chi connectivity index (χ4v) is 3.33. The van der Waals surface area contributed by atoms with Gasteiger partial charge in [-0.05, 0) is 52.3 Å². The average Bonchev–Trinajstić information content (AvgIpc) is 2.36. The molecule has 0 saturated carbocycles. The molecule has 0 fully saturated rings. The molecule has 0 aromatic heterocycles. The number of rotatable bonds is 3. The summed E-state index contributed by atoms with van der Waals surface area (Å²) in [5, 5.41) is 0.597. The number of anilines is 1. The number of benzene rings is 2. The zero-order valence-electron chi connectivity index (χ0n) is 9.70. The van der Waals surface area contributed by atoms with Crippen LogP contribution in [0.3, 0.4) is 0 Å². The Morgan fingerprint density at radius 3 is 2.45 bits per heavy atom. The van der Waals surface area contributed by atoms with Crippen molar-refractivity contribution in [2.24, 2.45) is 0 Å². The third-order valence-electron chi connectivity index (χ3n) is 2.37. The molecular formula is C12H7BrCl2FNO2S. The van der Waals surface area contributed by atoms with E-state index >= 15 is 0 Å². The van der Waals surface area contributed by atoms with Gasteiger partial charge in [0.1, 0.15) is 5.82 Å². The van der Waals surface area contributed by atoms with Crippen LogP contribution in [0.2, 0.25) is 10.0 Å². The van der Waals surface area contributed by atoms with Gasteiger partial charge in [0.2, 0.25) is 0 Å². The lowest BCUT2D eigenvalue weighted by molar-refractivity contribution is 0.598. The fraction of sp³-hybridized carbons (Fsp3) is 0. The largest absolute Gasteiger partial charge is 0.277 e. The molecule has 0 bridgehead atoms. The van der Waals surface area contributed by atoms with E-state index in [-0.39, 0.29) is 15.6 Å². The standard InChI is InChI=1S/C12H7BrCl2FNO2S/c13-9-6-8(2-3-10(9)15)20(18,19)17-12-5-7(14)1-4-11(12)16/h1-6,17H. The van der Waals surface area contributed by atoms with E-state index in [1.54, 1.807) is 0 Å². The van der Waals surface area contributed by atoms with Crippen LogP contribution in [0, 0.1) is 5.82 Å². The molecule has 20 heavy (non-hydrogen) atoms. The Morgan fingerprint density at radius 1 is 1.10 bits per heavy atom. The highest BCUT2D eigenvalue weighted by molar-refractivity contribution is 9.10. The van der Waals surface area contributed by atoms with Gasteiger partial charge in [0.25, 0.3) is 10.0 Å². The third-order valence-corrected chi connectivity index (χ3v) is 5.19. The lowest BCUT2D eigenvalue weighted by Crippen LogP contribution is -2.14. The highest BCUT2D eigenvalue weighted by Crippen LogP contribution is 2.27. The predicted molar refractivity (Wildman–Crippen MR) is 81.4 cm³/mol. The molecule has 8 heteroatoms. The van der Waals surface area contributed by atoms with Crippen LogP contribution in [0.5, 0.6) is 0 Å². The zero-order chi connectivity index (χ0) is 14.9.